The van der Waals surface area contributed by atoms with Crippen LogP contribution in [0.2, 0.25) is 0 Å². The fourth-order valence-electron chi connectivity index (χ4n) is 2.44. The van der Waals surface area contributed by atoms with Crippen molar-refractivity contribution in [1.29, 1.82) is 0 Å². The van der Waals surface area contributed by atoms with Gasteiger partial charge in [0.05, 0.1) is 0 Å². The highest BCUT2D eigenvalue weighted by Gasteiger charge is 2.09. The van der Waals surface area contributed by atoms with Gasteiger partial charge in [-0.3, -0.25) is 9.59 Å². The van der Waals surface area contributed by atoms with E-state index in [0.717, 1.165) is 12.8 Å². The number of allylic oxidation sites excluding steroid dienone is 1. The lowest BCUT2D eigenvalue weighted by molar-refractivity contribution is -0.138. The Balaban J connectivity index is 3.38. The normalized spacial score (nSPS) is 12.4. The third-order valence-corrected chi connectivity index (χ3v) is 4.03. The van der Waals surface area contributed by atoms with Crippen LogP contribution >= 0.6 is 0 Å². The van der Waals surface area contributed by atoms with Crippen LogP contribution in [0.25, 0.3) is 0 Å². The van der Waals surface area contributed by atoms with Crippen molar-refractivity contribution < 1.29 is 14.7 Å². The average Bonchev–Trinajstić information content (AvgIpc) is 2.55. The predicted molar refractivity (Wildman–Crippen MR) is 98.8 cm³/mol. The molecule has 0 aromatic carbocycles. The fraction of sp³-hybridized carbons (Fsp3) is 0.789. The van der Waals surface area contributed by atoms with Crippen LogP contribution in [0.5, 0.6) is 0 Å². The quantitative estimate of drug-likeness (QED) is 0.294. The van der Waals surface area contributed by atoms with Crippen molar-refractivity contribution in [3.05, 3.63) is 12.2 Å². The molecule has 5 heteroatoms. The van der Waals surface area contributed by atoms with Crippen LogP contribution in [0.15, 0.2) is 12.2 Å². The number of aliphatic carboxylic acids is 1. The van der Waals surface area contributed by atoms with Crippen molar-refractivity contribution in [2.75, 3.05) is 6.54 Å². The molecule has 0 radical (unpaired) electrons. The molecule has 5 nitrogen and oxygen atoms in total. The summed E-state index contributed by atoms with van der Waals surface area (Å²) in [6.45, 7) is 2.81. The Hall–Kier alpha value is -1.36. The van der Waals surface area contributed by atoms with E-state index in [4.69, 9.17) is 10.8 Å². The molecule has 0 unspecified atom stereocenters. The second-order valence-corrected chi connectivity index (χ2v) is 6.38. The molecule has 140 valence electrons. The van der Waals surface area contributed by atoms with Gasteiger partial charge in [-0.1, -0.05) is 57.6 Å². The molecule has 0 spiro atoms. The summed E-state index contributed by atoms with van der Waals surface area (Å²) in [5.41, 5.74) is 5.41. The third kappa shape index (κ3) is 15.5. The van der Waals surface area contributed by atoms with Gasteiger partial charge in [-0.15, -0.1) is 0 Å². The number of nitrogens with two attached hydrogens (primary N) is 1. The molecular formula is C19H36N2O3. The van der Waals surface area contributed by atoms with Crippen LogP contribution < -0.4 is 11.1 Å². The zero-order valence-electron chi connectivity index (χ0n) is 15.3. The second-order valence-electron chi connectivity index (χ2n) is 6.38. The van der Waals surface area contributed by atoms with Gasteiger partial charge in [0.2, 0.25) is 5.91 Å². The van der Waals surface area contributed by atoms with Gasteiger partial charge in [0.15, 0.2) is 0 Å². The van der Waals surface area contributed by atoms with Gasteiger partial charge in [-0.05, 0) is 32.1 Å². The van der Waals surface area contributed by atoms with Crippen LogP contribution in [0, 0.1) is 0 Å². The fourth-order valence-corrected chi connectivity index (χ4v) is 2.44. The Labute approximate surface area is 147 Å². The summed E-state index contributed by atoms with van der Waals surface area (Å²) in [7, 11) is 0. The number of unbranched alkanes of at least 4 members (excludes halogenated alkanes) is 8. The molecule has 0 saturated carbocycles. The first-order valence-corrected chi connectivity index (χ1v) is 9.48. The predicted octanol–water partition coefficient (Wildman–Crippen LogP) is 3.77. The standard InChI is InChI=1S/C19H36N2O3/c1-2-3-4-5-6-7-8-9-10-11-15-18(22)21-16-13-12-14-17(20)19(23)24/h10-11,17H,2-9,12-16,20H2,1H3,(H,21,22)(H,23,24)/b11-10+/t17-/m0/s1. The molecule has 1 atom stereocenters. The van der Waals surface area contributed by atoms with Crippen LogP contribution in [0.1, 0.15) is 84.0 Å². The molecule has 0 aromatic rings. The highest BCUT2D eigenvalue weighted by atomic mass is 16.4. The van der Waals surface area contributed by atoms with Crippen LogP contribution in [0.4, 0.5) is 0 Å². The maximum Gasteiger partial charge on any atom is 0.320 e. The summed E-state index contributed by atoms with van der Waals surface area (Å²) >= 11 is 0. The molecule has 24 heavy (non-hydrogen) atoms. The molecule has 0 aliphatic heterocycles. The van der Waals surface area contributed by atoms with E-state index in [-0.39, 0.29) is 5.91 Å². The van der Waals surface area contributed by atoms with Crippen molar-refractivity contribution >= 4 is 11.9 Å². The number of carboxylic acids is 1. The number of rotatable bonds is 16. The monoisotopic (exact) mass is 340 g/mol. The number of nitrogens with one attached hydrogen (secondary N) is 1. The van der Waals surface area contributed by atoms with E-state index in [2.05, 4.69) is 18.3 Å². The molecule has 0 rings (SSSR count). The van der Waals surface area contributed by atoms with Gasteiger partial charge in [-0.2, -0.15) is 0 Å². The second kappa shape index (κ2) is 16.5. The lowest BCUT2D eigenvalue weighted by atomic mass is 10.1. The van der Waals surface area contributed by atoms with E-state index < -0.39 is 12.0 Å². The van der Waals surface area contributed by atoms with E-state index in [1.165, 1.54) is 44.9 Å². The number of hydrogen-bond acceptors (Lipinski definition) is 3. The Morgan fingerprint density at radius 3 is 2.33 bits per heavy atom. The topological polar surface area (TPSA) is 92.4 Å². The summed E-state index contributed by atoms with van der Waals surface area (Å²) in [6, 6.07) is -0.796. The van der Waals surface area contributed by atoms with Gasteiger partial charge in [0.25, 0.3) is 0 Å². The highest BCUT2D eigenvalue weighted by molar-refractivity contribution is 5.77. The number of amides is 1. The molecular weight excluding hydrogens is 304 g/mol. The SMILES string of the molecule is CCCCCCCCC/C=C/CC(=O)NCCCC[C@H](N)C(=O)O. The number of carbonyl (C=O) groups excluding carboxylic acids is 1. The van der Waals surface area contributed by atoms with E-state index in [1.54, 1.807) is 0 Å². The molecule has 0 fully saturated rings. The third-order valence-electron chi connectivity index (χ3n) is 4.03. The van der Waals surface area contributed by atoms with Gasteiger partial charge >= 0.3 is 5.97 Å². The molecule has 0 heterocycles. The molecule has 0 saturated heterocycles. The summed E-state index contributed by atoms with van der Waals surface area (Å²) < 4.78 is 0. The maximum absolute atomic E-state index is 11.6. The first-order chi connectivity index (χ1) is 11.6. The Kier molecular flexibility index (Phi) is 15.6. The lowest BCUT2D eigenvalue weighted by Gasteiger charge is -2.06. The molecule has 1 amide bonds. The van der Waals surface area contributed by atoms with Gasteiger partial charge in [0, 0.05) is 13.0 Å². The Morgan fingerprint density at radius 1 is 1.00 bits per heavy atom. The van der Waals surface area contributed by atoms with Crippen molar-refractivity contribution in [1.82, 2.24) is 5.32 Å². The minimum absolute atomic E-state index is 0.0216. The summed E-state index contributed by atoms with van der Waals surface area (Å²) in [5.74, 6) is -0.946. The summed E-state index contributed by atoms with van der Waals surface area (Å²) in [4.78, 5) is 22.1. The van der Waals surface area contributed by atoms with Crippen LogP contribution in [-0.4, -0.2) is 29.6 Å². The molecule has 4 N–H and O–H groups in total. The number of carboxylic acid groups (broad SMARTS) is 1. The minimum atomic E-state index is -0.967. The molecule has 0 bridgehead atoms. The van der Waals surface area contributed by atoms with Crippen molar-refractivity contribution in [2.24, 2.45) is 5.73 Å². The van der Waals surface area contributed by atoms with E-state index >= 15 is 0 Å². The van der Waals surface area contributed by atoms with Gasteiger partial charge < -0.3 is 16.2 Å². The zero-order valence-corrected chi connectivity index (χ0v) is 15.3. The van der Waals surface area contributed by atoms with E-state index in [0.29, 0.717) is 25.8 Å². The van der Waals surface area contributed by atoms with Gasteiger partial charge in [-0.25, -0.2) is 0 Å². The Morgan fingerprint density at radius 2 is 1.67 bits per heavy atom. The first kappa shape index (κ1) is 22.6. The lowest BCUT2D eigenvalue weighted by Crippen LogP contribution is -2.30. The largest absolute Gasteiger partial charge is 0.480 e. The van der Waals surface area contributed by atoms with Crippen LogP contribution in [-0.2, 0) is 9.59 Å². The van der Waals surface area contributed by atoms with E-state index in [9.17, 15) is 9.59 Å². The van der Waals surface area contributed by atoms with Crippen LogP contribution in [0.3, 0.4) is 0 Å². The minimum Gasteiger partial charge on any atom is -0.480 e. The smallest absolute Gasteiger partial charge is 0.320 e. The zero-order chi connectivity index (χ0) is 18.0. The van der Waals surface area contributed by atoms with Crippen molar-refractivity contribution in [3.8, 4) is 0 Å². The first-order valence-electron chi connectivity index (χ1n) is 9.48. The maximum atomic E-state index is 11.6. The summed E-state index contributed by atoms with van der Waals surface area (Å²) in [5, 5.41) is 11.5. The van der Waals surface area contributed by atoms with Crippen molar-refractivity contribution in [3.63, 3.8) is 0 Å². The highest BCUT2D eigenvalue weighted by Crippen LogP contribution is 2.08. The van der Waals surface area contributed by atoms with E-state index in [1.807, 2.05) is 6.08 Å². The molecule has 0 aliphatic carbocycles. The molecule has 0 aromatic heterocycles. The van der Waals surface area contributed by atoms with Gasteiger partial charge in [0.1, 0.15) is 6.04 Å². The number of carbonyl (C=O) groups is 2. The molecule has 0 aliphatic rings. The van der Waals surface area contributed by atoms with Crippen molar-refractivity contribution in [2.45, 2.75) is 90.0 Å². The Bertz CT molecular complexity index is 357. The average molecular weight is 341 g/mol. The number of hydrogen-bond donors (Lipinski definition) is 3. The summed E-state index contributed by atoms with van der Waals surface area (Å²) in [6.07, 6.45) is 16.6.